The number of methoxy groups -OCH3 is 1. The van der Waals surface area contributed by atoms with Gasteiger partial charge in [-0.05, 0) is 57.2 Å². The Morgan fingerprint density at radius 1 is 1.38 bits per heavy atom. The molecule has 5 heteroatoms. The molecule has 0 spiro atoms. The molecule has 0 saturated carbocycles. The van der Waals surface area contributed by atoms with E-state index in [2.05, 4.69) is 17.4 Å². The van der Waals surface area contributed by atoms with Gasteiger partial charge < -0.3 is 20.1 Å². The lowest BCUT2D eigenvalue weighted by atomic mass is 9.94. The standard InChI is InChI=1S/C19H30N2O3/c1-14(6-7-16-8-10-18(24-3)11-9-16)20-19(23)21-12-4-5-17(13-21)15(2)22/h8-11,14-15,17,22H,4-7,12-13H2,1-3H3,(H,20,23). The molecule has 0 radical (unpaired) electrons. The molecule has 1 fully saturated rings. The van der Waals surface area contributed by atoms with E-state index >= 15 is 0 Å². The normalized spacial score (nSPS) is 20.3. The minimum atomic E-state index is -0.354. The fourth-order valence-electron chi connectivity index (χ4n) is 3.14. The van der Waals surface area contributed by atoms with Crippen molar-refractivity contribution < 1.29 is 14.6 Å². The smallest absolute Gasteiger partial charge is 0.317 e. The fraction of sp³-hybridized carbons (Fsp3) is 0.632. The quantitative estimate of drug-likeness (QED) is 0.841. The highest BCUT2D eigenvalue weighted by atomic mass is 16.5. The Hall–Kier alpha value is -1.75. The highest BCUT2D eigenvalue weighted by molar-refractivity contribution is 5.74. The zero-order chi connectivity index (χ0) is 17.5. The number of benzene rings is 1. The van der Waals surface area contributed by atoms with Gasteiger partial charge >= 0.3 is 6.03 Å². The molecule has 1 aliphatic heterocycles. The summed E-state index contributed by atoms with van der Waals surface area (Å²) in [6, 6.07) is 8.15. The number of aliphatic hydroxyl groups is 1. The van der Waals surface area contributed by atoms with Gasteiger partial charge in [0.05, 0.1) is 13.2 Å². The maximum Gasteiger partial charge on any atom is 0.317 e. The number of urea groups is 1. The number of aliphatic hydroxyl groups excluding tert-OH is 1. The van der Waals surface area contributed by atoms with Gasteiger partial charge in [-0.3, -0.25) is 0 Å². The number of nitrogens with zero attached hydrogens (tertiary/aromatic N) is 1. The van der Waals surface area contributed by atoms with Gasteiger partial charge in [-0.1, -0.05) is 12.1 Å². The molecule has 0 aliphatic carbocycles. The average Bonchev–Trinajstić information content (AvgIpc) is 2.60. The summed E-state index contributed by atoms with van der Waals surface area (Å²) in [4.78, 5) is 14.2. The Morgan fingerprint density at radius 3 is 2.71 bits per heavy atom. The number of carbonyl (C=O) groups excluding carboxylic acids is 1. The summed E-state index contributed by atoms with van der Waals surface area (Å²) in [5.41, 5.74) is 1.24. The molecule has 0 aromatic heterocycles. The largest absolute Gasteiger partial charge is 0.497 e. The van der Waals surface area contributed by atoms with E-state index in [0.29, 0.717) is 6.54 Å². The van der Waals surface area contributed by atoms with E-state index in [9.17, 15) is 9.90 Å². The molecule has 5 nitrogen and oxygen atoms in total. The predicted molar refractivity (Wildman–Crippen MR) is 95.3 cm³/mol. The second-order valence-electron chi connectivity index (χ2n) is 6.83. The van der Waals surface area contributed by atoms with E-state index in [0.717, 1.165) is 38.0 Å². The first-order valence-electron chi connectivity index (χ1n) is 8.86. The second-order valence-corrected chi connectivity index (χ2v) is 6.83. The molecule has 2 N–H and O–H groups in total. The molecule has 2 rings (SSSR count). The number of aryl methyl sites for hydroxylation is 1. The molecule has 3 unspecified atom stereocenters. The maximum absolute atomic E-state index is 12.4. The topological polar surface area (TPSA) is 61.8 Å². The Kier molecular flexibility index (Phi) is 6.91. The zero-order valence-electron chi connectivity index (χ0n) is 15.0. The number of ether oxygens (including phenoxy) is 1. The minimum Gasteiger partial charge on any atom is -0.497 e. The van der Waals surface area contributed by atoms with Gasteiger partial charge in [0.15, 0.2) is 0 Å². The predicted octanol–water partition coefficient (Wildman–Crippen LogP) is 2.82. The van der Waals surface area contributed by atoms with Gasteiger partial charge in [0.2, 0.25) is 0 Å². The number of hydrogen-bond acceptors (Lipinski definition) is 3. The molecule has 1 saturated heterocycles. The van der Waals surface area contributed by atoms with Crippen molar-refractivity contribution in [2.75, 3.05) is 20.2 Å². The van der Waals surface area contributed by atoms with Gasteiger partial charge in [-0.2, -0.15) is 0 Å². The number of amides is 2. The number of likely N-dealkylation sites (tertiary alicyclic amines) is 1. The Balaban J connectivity index is 1.76. The summed E-state index contributed by atoms with van der Waals surface area (Å²) in [5, 5.41) is 12.8. The first-order chi connectivity index (χ1) is 11.5. The summed E-state index contributed by atoms with van der Waals surface area (Å²) < 4.78 is 5.16. The van der Waals surface area contributed by atoms with Crippen LogP contribution in [0.2, 0.25) is 0 Å². The van der Waals surface area contributed by atoms with Crippen LogP contribution < -0.4 is 10.1 Å². The van der Waals surface area contributed by atoms with Crippen LogP contribution in [0.1, 0.15) is 38.7 Å². The van der Waals surface area contributed by atoms with Gasteiger partial charge in [-0.15, -0.1) is 0 Å². The van der Waals surface area contributed by atoms with Crippen molar-refractivity contribution in [1.82, 2.24) is 10.2 Å². The van der Waals surface area contributed by atoms with E-state index in [1.807, 2.05) is 30.9 Å². The van der Waals surface area contributed by atoms with Crippen LogP contribution in [0.25, 0.3) is 0 Å². The zero-order valence-corrected chi connectivity index (χ0v) is 15.0. The molecule has 134 valence electrons. The first-order valence-corrected chi connectivity index (χ1v) is 8.86. The van der Waals surface area contributed by atoms with Crippen LogP contribution in [0.15, 0.2) is 24.3 Å². The van der Waals surface area contributed by atoms with Crippen molar-refractivity contribution in [3.63, 3.8) is 0 Å². The van der Waals surface area contributed by atoms with Crippen molar-refractivity contribution in [2.45, 2.75) is 51.7 Å². The third-order valence-corrected chi connectivity index (χ3v) is 4.82. The molecule has 1 heterocycles. The first kappa shape index (κ1) is 18.6. The summed E-state index contributed by atoms with van der Waals surface area (Å²) in [7, 11) is 1.66. The molecule has 2 amide bonds. The van der Waals surface area contributed by atoms with Crippen molar-refractivity contribution >= 4 is 6.03 Å². The lowest BCUT2D eigenvalue weighted by Gasteiger charge is -2.34. The van der Waals surface area contributed by atoms with Crippen LogP contribution >= 0.6 is 0 Å². The summed E-state index contributed by atoms with van der Waals surface area (Å²) in [5.74, 6) is 1.05. The van der Waals surface area contributed by atoms with E-state index in [4.69, 9.17) is 4.74 Å². The summed E-state index contributed by atoms with van der Waals surface area (Å²) in [6.45, 7) is 5.27. The number of rotatable bonds is 6. The fourth-order valence-corrected chi connectivity index (χ4v) is 3.14. The highest BCUT2D eigenvalue weighted by Gasteiger charge is 2.26. The van der Waals surface area contributed by atoms with Gasteiger partial charge in [-0.25, -0.2) is 4.79 Å². The monoisotopic (exact) mass is 334 g/mol. The van der Waals surface area contributed by atoms with Crippen LogP contribution in [0.5, 0.6) is 5.75 Å². The average molecular weight is 334 g/mol. The molecular weight excluding hydrogens is 304 g/mol. The van der Waals surface area contributed by atoms with Gasteiger partial charge in [0.25, 0.3) is 0 Å². The van der Waals surface area contributed by atoms with Crippen LogP contribution in [-0.2, 0) is 6.42 Å². The molecule has 1 aromatic rings. The maximum atomic E-state index is 12.4. The third kappa shape index (κ3) is 5.41. The van der Waals surface area contributed by atoms with Crippen LogP contribution in [0.3, 0.4) is 0 Å². The Morgan fingerprint density at radius 2 is 2.08 bits per heavy atom. The number of hydrogen-bond donors (Lipinski definition) is 2. The number of piperidine rings is 1. The van der Waals surface area contributed by atoms with Crippen molar-refractivity contribution in [3.8, 4) is 5.75 Å². The van der Waals surface area contributed by atoms with Crippen molar-refractivity contribution in [3.05, 3.63) is 29.8 Å². The minimum absolute atomic E-state index is 0.0115. The molecular formula is C19H30N2O3. The molecule has 24 heavy (non-hydrogen) atoms. The van der Waals surface area contributed by atoms with Crippen molar-refractivity contribution in [1.29, 1.82) is 0 Å². The number of carbonyl (C=O) groups is 1. The van der Waals surface area contributed by atoms with E-state index in [-0.39, 0.29) is 24.1 Å². The Bertz CT molecular complexity index is 516. The van der Waals surface area contributed by atoms with Crippen LogP contribution in [0, 0.1) is 5.92 Å². The molecule has 1 aromatic carbocycles. The number of nitrogens with one attached hydrogen (secondary N) is 1. The Labute approximate surface area is 145 Å². The van der Waals surface area contributed by atoms with E-state index in [1.165, 1.54) is 5.56 Å². The lowest BCUT2D eigenvalue weighted by molar-refractivity contribution is 0.0734. The van der Waals surface area contributed by atoms with Crippen LogP contribution in [-0.4, -0.2) is 48.4 Å². The van der Waals surface area contributed by atoms with E-state index < -0.39 is 0 Å². The SMILES string of the molecule is COc1ccc(CCC(C)NC(=O)N2CCCC(C(C)O)C2)cc1. The molecule has 3 atom stereocenters. The highest BCUT2D eigenvalue weighted by Crippen LogP contribution is 2.20. The second kappa shape index (κ2) is 8.92. The summed E-state index contributed by atoms with van der Waals surface area (Å²) >= 11 is 0. The van der Waals surface area contributed by atoms with Crippen LogP contribution in [0.4, 0.5) is 4.79 Å². The van der Waals surface area contributed by atoms with E-state index in [1.54, 1.807) is 7.11 Å². The molecule has 1 aliphatic rings. The van der Waals surface area contributed by atoms with Crippen molar-refractivity contribution in [2.24, 2.45) is 5.92 Å². The third-order valence-electron chi connectivity index (χ3n) is 4.82. The summed E-state index contributed by atoms with van der Waals surface area (Å²) in [6.07, 6.45) is 3.42. The lowest BCUT2D eigenvalue weighted by Crippen LogP contribution is -2.49. The van der Waals surface area contributed by atoms with Gasteiger partial charge in [0, 0.05) is 25.0 Å². The molecule has 0 bridgehead atoms. The van der Waals surface area contributed by atoms with Gasteiger partial charge in [0.1, 0.15) is 5.75 Å².